The van der Waals surface area contributed by atoms with Crippen molar-refractivity contribution in [2.45, 2.75) is 39.7 Å². The molecule has 0 atom stereocenters. The van der Waals surface area contributed by atoms with Crippen LogP contribution in [0.3, 0.4) is 0 Å². The summed E-state index contributed by atoms with van der Waals surface area (Å²) >= 11 is 0. The van der Waals surface area contributed by atoms with Gasteiger partial charge in [-0.05, 0) is 59.3 Å². The van der Waals surface area contributed by atoms with E-state index in [-0.39, 0.29) is 0 Å². The van der Waals surface area contributed by atoms with Crippen LogP contribution in [-0.4, -0.2) is 39.6 Å². The molecule has 1 aliphatic heterocycles. The van der Waals surface area contributed by atoms with Gasteiger partial charge in [0.15, 0.2) is 0 Å². The van der Waals surface area contributed by atoms with Gasteiger partial charge in [-0.25, -0.2) is 9.97 Å². The number of fused-ring (bicyclic) bond motifs is 1. The van der Waals surface area contributed by atoms with Crippen molar-refractivity contribution in [1.82, 2.24) is 19.4 Å². The van der Waals surface area contributed by atoms with Gasteiger partial charge < -0.3 is 15.2 Å². The van der Waals surface area contributed by atoms with E-state index >= 15 is 0 Å². The molecule has 3 rings (SSSR count). The zero-order chi connectivity index (χ0) is 14.4. The Kier molecular flexibility index (Phi) is 3.17. The Morgan fingerprint density at radius 3 is 2.40 bits per heavy atom. The summed E-state index contributed by atoms with van der Waals surface area (Å²) in [5, 5.41) is 1.03. The molecule has 0 saturated carbocycles. The second kappa shape index (κ2) is 4.74. The summed E-state index contributed by atoms with van der Waals surface area (Å²) in [4.78, 5) is 11.4. The zero-order valence-corrected chi connectivity index (χ0v) is 12.8. The summed E-state index contributed by atoms with van der Waals surface area (Å²) in [6.07, 6.45) is 2.34. The highest BCUT2D eigenvalue weighted by atomic mass is 15.2. The smallest absolute Gasteiger partial charge is 0.146 e. The first-order valence-electron chi connectivity index (χ1n) is 7.28. The van der Waals surface area contributed by atoms with Crippen LogP contribution in [0.15, 0.2) is 0 Å². The number of nitrogens with zero attached hydrogens (tertiary/aromatic N) is 4. The third-order valence-corrected chi connectivity index (χ3v) is 4.59. The van der Waals surface area contributed by atoms with E-state index in [1.807, 2.05) is 6.92 Å². The fourth-order valence-electron chi connectivity index (χ4n) is 3.33. The SMILES string of the molecule is Cc1nc(N)c2c(C)c(C)n(C3CCN(C)CC3)c2n1. The van der Waals surface area contributed by atoms with Crippen LogP contribution in [0.4, 0.5) is 5.82 Å². The Morgan fingerprint density at radius 2 is 1.75 bits per heavy atom. The predicted octanol–water partition coefficient (Wildman–Crippen LogP) is 2.21. The number of nitrogens with two attached hydrogens (primary N) is 1. The molecule has 0 bridgehead atoms. The van der Waals surface area contributed by atoms with Crippen molar-refractivity contribution < 1.29 is 0 Å². The minimum atomic E-state index is 0.524. The van der Waals surface area contributed by atoms with Crippen molar-refractivity contribution in [1.29, 1.82) is 0 Å². The minimum absolute atomic E-state index is 0.524. The molecule has 3 heterocycles. The molecule has 2 aromatic rings. The number of hydrogen-bond donors (Lipinski definition) is 1. The molecule has 20 heavy (non-hydrogen) atoms. The summed E-state index contributed by atoms with van der Waals surface area (Å²) in [6, 6.07) is 0.524. The van der Waals surface area contributed by atoms with E-state index in [0.717, 1.165) is 29.9 Å². The van der Waals surface area contributed by atoms with Gasteiger partial charge in [-0.1, -0.05) is 0 Å². The molecule has 5 heteroatoms. The lowest BCUT2D eigenvalue weighted by atomic mass is 10.1. The van der Waals surface area contributed by atoms with Gasteiger partial charge in [-0.15, -0.1) is 0 Å². The molecule has 1 fully saturated rings. The largest absolute Gasteiger partial charge is 0.383 e. The topological polar surface area (TPSA) is 60.0 Å². The maximum absolute atomic E-state index is 6.12. The van der Waals surface area contributed by atoms with Crippen LogP contribution in [0, 0.1) is 20.8 Å². The van der Waals surface area contributed by atoms with Gasteiger partial charge in [0, 0.05) is 11.7 Å². The van der Waals surface area contributed by atoms with E-state index in [1.54, 1.807) is 0 Å². The first-order chi connectivity index (χ1) is 9.49. The molecular formula is C15H23N5. The molecule has 0 unspecified atom stereocenters. The van der Waals surface area contributed by atoms with Crippen molar-refractivity contribution in [3.8, 4) is 0 Å². The highest BCUT2D eigenvalue weighted by molar-refractivity contribution is 5.91. The Bertz CT molecular complexity index is 650. The zero-order valence-electron chi connectivity index (χ0n) is 12.8. The van der Waals surface area contributed by atoms with Gasteiger partial charge in [0.25, 0.3) is 0 Å². The van der Waals surface area contributed by atoms with Gasteiger partial charge >= 0.3 is 0 Å². The first kappa shape index (κ1) is 13.4. The number of hydrogen-bond acceptors (Lipinski definition) is 4. The molecule has 0 radical (unpaired) electrons. The maximum atomic E-state index is 6.12. The third kappa shape index (κ3) is 1.97. The summed E-state index contributed by atoms with van der Waals surface area (Å²) in [5.41, 5.74) is 9.63. The summed E-state index contributed by atoms with van der Waals surface area (Å²) in [5.74, 6) is 1.36. The second-order valence-corrected chi connectivity index (χ2v) is 5.97. The summed E-state index contributed by atoms with van der Waals surface area (Å²) in [7, 11) is 2.19. The van der Waals surface area contributed by atoms with Gasteiger partial charge in [0.1, 0.15) is 17.3 Å². The Morgan fingerprint density at radius 1 is 1.10 bits per heavy atom. The highest BCUT2D eigenvalue weighted by Crippen LogP contribution is 2.33. The number of piperidine rings is 1. The molecule has 5 nitrogen and oxygen atoms in total. The fourth-order valence-corrected chi connectivity index (χ4v) is 3.33. The molecule has 0 spiro atoms. The van der Waals surface area contributed by atoms with E-state index in [4.69, 9.17) is 5.73 Å². The van der Waals surface area contributed by atoms with Gasteiger partial charge in [-0.3, -0.25) is 0 Å². The molecule has 0 amide bonds. The molecule has 2 aromatic heterocycles. The predicted molar refractivity (Wildman–Crippen MR) is 81.9 cm³/mol. The average molecular weight is 273 g/mol. The lowest BCUT2D eigenvalue weighted by molar-refractivity contribution is 0.222. The van der Waals surface area contributed by atoms with Crippen LogP contribution in [0.1, 0.15) is 36.0 Å². The van der Waals surface area contributed by atoms with Gasteiger partial charge in [0.05, 0.1) is 5.39 Å². The van der Waals surface area contributed by atoms with Gasteiger partial charge in [0.2, 0.25) is 0 Å². The lowest BCUT2D eigenvalue weighted by Gasteiger charge is -2.31. The molecule has 108 valence electrons. The van der Waals surface area contributed by atoms with E-state index in [1.165, 1.54) is 24.1 Å². The number of rotatable bonds is 1. The van der Waals surface area contributed by atoms with Crippen LogP contribution in [0.25, 0.3) is 11.0 Å². The Labute approximate surface area is 119 Å². The fraction of sp³-hybridized carbons (Fsp3) is 0.600. The number of anilines is 1. The van der Waals surface area contributed by atoms with E-state index in [9.17, 15) is 0 Å². The molecule has 2 N–H and O–H groups in total. The van der Waals surface area contributed by atoms with Crippen molar-refractivity contribution in [3.05, 3.63) is 17.1 Å². The number of likely N-dealkylation sites (tertiary alicyclic amines) is 1. The monoisotopic (exact) mass is 273 g/mol. The van der Waals surface area contributed by atoms with Crippen LogP contribution < -0.4 is 5.73 Å². The van der Waals surface area contributed by atoms with Crippen molar-refractivity contribution in [2.24, 2.45) is 0 Å². The van der Waals surface area contributed by atoms with Crippen molar-refractivity contribution in [3.63, 3.8) is 0 Å². The number of aromatic nitrogens is 3. The van der Waals surface area contributed by atoms with Crippen LogP contribution in [0.2, 0.25) is 0 Å². The van der Waals surface area contributed by atoms with E-state index < -0.39 is 0 Å². The number of aryl methyl sites for hydroxylation is 2. The first-order valence-corrected chi connectivity index (χ1v) is 7.28. The van der Waals surface area contributed by atoms with E-state index in [0.29, 0.717) is 11.9 Å². The van der Waals surface area contributed by atoms with E-state index in [2.05, 4.69) is 40.3 Å². The average Bonchev–Trinajstić information content (AvgIpc) is 2.63. The van der Waals surface area contributed by atoms with Crippen LogP contribution in [0.5, 0.6) is 0 Å². The van der Waals surface area contributed by atoms with Crippen molar-refractivity contribution >= 4 is 16.9 Å². The Hall–Kier alpha value is -1.62. The van der Waals surface area contributed by atoms with Gasteiger partial charge in [-0.2, -0.15) is 0 Å². The quantitative estimate of drug-likeness (QED) is 0.865. The standard InChI is InChI=1S/C15H23N5/c1-9-10(2)20(12-5-7-19(4)8-6-12)15-13(9)14(16)17-11(3)18-15/h12H,5-8H2,1-4H3,(H2,16,17,18). The molecule has 0 aromatic carbocycles. The summed E-state index contributed by atoms with van der Waals surface area (Å²) < 4.78 is 2.39. The third-order valence-electron chi connectivity index (χ3n) is 4.59. The van der Waals surface area contributed by atoms with Crippen LogP contribution >= 0.6 is 0 Å². The maximum Gasteiger partial charge on any atom is 0.146 e. The molecular weight excluding hydrogens is 250 g/mol. The molecule has 0 aliphatic carbocycles. The van der Waals surface area contributed by atoms with Crippen molar-refractivity contribution in [2.75, 3.05) is 25.9 Å². The molecule has 1 saturated heterocycles. The molecule has 1 aliphatic rings. The Balaban J connectivity index is 2.17. The second-order valence-electron chi connectivity index (χ2n) is 5.97. The lowest BCUT2D eigenvalue weighted by Crippen LogP contribution is -2.31. The summed E-state index contributed by atoms with van der Waals surface area (Å²) in [6.45, 7) is 8.49. The number of nitrogen functional groups attached to an aromatic ring is 1. The minimum Gasteiger partial charge on any atom is -0.383 e. The van der Waals surface area contributed by atoms with Crippen LogP contribution in [-0.2, 0) is 0 Å². The highest BCUT2D eigenvalue weighted by Gasteiger charge is 2.24. The normalized spacial score (nSPS) is 18.0.